The van der Waals surface area contributed by atoms with Crippen LogP contribution in [0.5, 0.6) is 0 Å². The Morgan fingerprint density at radius 1 is 1.29 bits per heavy atom. The van der Waals surface area contributed by atoms with E-state index in [4.69, 9.17) is 5.11 Å². The molecule has 1 N–H and O–H groups in total. The maximum Gasteiger partial charge on any atom is 0.322 e. The smallest absolute Gasteiger partial charge is 0.322 e. The second-order valence-corrected chi connectivity index (χ2v) is 7.23. The van der Waals surface area contributed by atoms with E-state index in [1.807, 2.05) is 0 Å². The molecule has 1 aromatic rings. The first-order valence-corrected chi connectivity index (χ1v) is 8.32. The third-order valence-electron chi connectivity index (χ3n) is 2.95. The predicted octanol–water partition coefficient (Wildman–Crippen LogP) is 1.29. The molecule has 116 valence electrons. The molecule has 10 heteroatoms. The van der Waals surface area contributed by atoms with Crippen molar-refractivity contribution < 1.29 is 31.5 Å². The summed E-state index contributed by atoms with van der Waals surface area (Å²) in [4.78, 5) is 10.0. The number of thioether (sulfide) groups is 1. The highest BCUT2D eigenvalue weighted by Crippen LogP contribution is 2.28. The van der Waals surface area contributed by atoms with Gasteiger partial charge < -0.3 is 5.11 Å². The topological polar surface area (TPSA) is 74.7 Å². The van der Waals surface area contributed by atoms with Crippen molar-refractivity contribution in [3.8, 4) is 0 Å². The van der Waals surface area contributed by atoms with Gasteiger partial charge in [0.25, 0.3) is 0 Å². The first kappa shape index (κ1) is 16.1. The van der Waals surface area contributed by atoms with Crippen LogP contribution in [0.15, 0.2) is 17.0 Å². The summed E-state index contributed by atoms with van der Waals surface area (Å²) in [5, 5.41) is 9.04. The molecular weight excluding hydrogens is 331 g/mol. The molecule has 1 fully saturated rings. The number of carbonyl (C=O) groups is 1. The molecule has 1 aromatic carbocycles. The molecule has 1 unspecified atom stereocenters. The SMILES string of the molecule is O=C(O)C1CSCCN1S(=O)(=O)c1ccc(F)c(F)c1F. The minimum absolute atomic E-state index is 0.000140. The largest absolute Gasteiger partial charge is 0.480 e. The second kappa shape index (κ2) is 5.85. The third-order valence-corrected chi connectivity index (χ3v) is 5.90. The van der Waals surface area contributed by atoms with E-state index in [0.717, 1.165) is 0 Å². The lowest BCUT2D eigenvalue weighted by Crippen LogP contribution is -2.50. The van der Waals surface area contributed by atoms with E-state index < -0.39 is 44.4 Å². The second-order valence-electron chi connectivity index (χ2n) is 4.22. The molecule has 21 heavy (non-hydrogen) atoms. The van der Waals surface area contributed by atoms with E-state index in [1.54, 1.807) is 0 Å². The van der Waals surface area contributed by atoms with E-state index in [0.29, 0.717) is 22.2 Å². The number of benzene rings is 1. The number of carboxylic acids is 1. The lowest BCUT2D eigenvalue weighted by atomic mass is 10.3. The number of sulfonamides is 1. The van der Waals surface area contributed by atoms with Crippen LogP contribution in [0.4, 0.5) is 13.2 Å². The Balaban J connectivity index is 2.51. The Kier molecular flexibility index (Phi) is 4.49. The maximum absolute atomic E-state index is 13.7. The fourth-order valence-corrected chi connectivity index (χ4v) is 4.79. The highest BCUT2D eigenvalue weighted by molar-refractivity contribution is 7.99. The lowest BCUT2D eigenvalue weighted by Gasteiger charge is -2.31. The van der Waals surface area contributed by atoms with Gasteiger partial charge in [-0.2, -0.15) is 16.1 Å². The molecule has 5 nitrogen and oxygen atoms in total. The molecule has 0 amide bonds. The molecule has 1 aliphatic rings. The molecule has 0 spiro atoms. The van der Waals surface area contributed by atoms with Crippen molar-refractivity contribution in [1.29, 1.82) is 0 Å². The van der Waals surface area contributed by atoms with Crippen LogP contribution in [0.25, 0.3) is 0 Å². The quantitative estimate of drug-likeness (QED) is 0.839. The van der Waals surface area contributed by atoms with E-state index >= 15 is 0 Å². The van der Waals surface area contributed by atoms with Crippen molar-refractivity contribution in [1.82, 2.24) is 4.31 Å². The van der Waals surface area contributed by atoms with Gasteiger partial charge in [0.1, 0.15) is 10.9 Å². The molecule has 1 heterocycles. The average molecular weight is 341 g/mol. The summed E-state index contributed by atoms with van der Waals surface area (Å²) >= 11 is 1.24. The summed E-state index contributed by atoms with van der Waals surface area (Å²) in [5.74, 6) is -6.33. The van der Waals surface area contributed by atoms with E-state index in [-0.39, 0.29) is 12.3 Å². The molecule has 0 saturated carbocycles. The van der Waals surface area contributed by atoms with Crippen LogP contribution in [0.3, 0.4) is 0 Å². The van der Waals surface area contributed by atoms with E-state index in [1.165, 1.54) is 11.8 Å². The molecule has 0 aromatic heterocycles. The number of halogens is 3. The van der Waals surface area contributed by atoms with Crippen LogP contribution in [0.2, 0.25) is 0 Å². The van der Waals surface area contributed by atoms with Crippen molar-refractivity contribution in [3.63, 3.8) is 0 Å². The predicted molar refractivity (Wildman–Crippen MR) is 69.0 cm³/mol. The lowest BCUT2D eigenvalue weighted by molar-refractivity contribution is -0.140. The van der Waals surface area contributed by atoms with Gasteiger partial charge in [0.05, 0.1) is 0 Å². The molecule has 1 saturated heterocycles. The number of nitrogens with zero attached hydrogens (tertiary/aromatic N) is 1. The van der Waals surface area contributed by atoms with E-state index in [9.17, 15) is 26.4 Å². The number of hydrogen-bond donors (Lipinski definition) is 1. The van der Waals surface area contributed by atoms with Gasteiger partial charge in [0, 0.05) is 18.1 Å². The highest BCUT2D eigenvalue weighted by Gasteiger charge is 2.39. The highest BCUT2D eigenvalue weighted by atomic mass is 32.2. The van der Waals surface area contributed by atoms with Gasteiger partial charge in [-0.25, -0.2) is 21.6 Å². The molecule has 1 atom stereocenters. The zero-order valence-corrected chi connectivity index (χ0v) is 12.1. The summed E-state index contributed by atoms with van der Waals surface area (Å²) in [7, 11) is -4.57. The maximum atomic E-state index is 13.7. The van der Waals surface area contributed by atoms with Gasteiger partial charge in [0.2, 0.25) is 10.0 Å². The van der Waals surface area contributed by atoms with Crippen LogP contribution in [0.1, 0.15) is 0 Å². The Morgan fingerprint density at radius 3 is 2.57 bits per heavy atom. The van der Waals surface area contributed by atoms with Crippen molar-refractivity contribution in [2.24, 2.45) is 0 Å². The van der Waals surface area contributed by atoms with Crippen LogP contribution in [-0.4, -0.2) is 47.9 Å². The van der Waals surface area contributed by atoms with Crippen LogP contribution in [-0.2, 0) is 14.8 Å². The summed E-state index contributed by atoms with van der Waals surface area (Å²) < 4.78 is 65.0. The molecule has 0 radical (unpaired) electrons. The summed E-state index contributed by atoms with van der Waals surface area (Å²) in [6.45, 7) is -0.150. The molecular formula is C11H10F3NO4S2. The minimum atomic E-state index is -4.57. The summed E-state index contributed by atoms with van der Waals surface area (Å²) in [5.41, 5.74) is 0. The Morgan fingerprint density at radius 2 is 1.95 bits per heavy atom. The Labute approximate surface area is 122 Å². The number of rotatable bonds is 3. The monoisotopic (exact) mass is 341 g/mol. The Bertz CT molecular complexity index is 680. The number of aliphatic carboxylic acids is 1. The summed E-state index contributed by atoms with van der Waals surface area (Å²) in [6, 6.07) is -0.301. The van der Waals surface area contributed by atoms with Crippen molar-refractivity contribution in [3.05, 3.63) is 29.6 Å². The van der Waals surface area contributed by atoms with Crippen molar-refractivity contribution in [2.75, 3.05) is 18.1 Å². The van der Waals surface area contributed by atoms with Gasteiger partial charge in [0.15, 0.2) is 17.5 Å². The minimum Gasteiger partial charge on any atom is -0.480 e. The molecule has 1 aliphatic heterocycles. The van der Waals surface area contributed by atoms with Crippen LogP contribution < -0.4 is 0 Å². The normalized spacial score (nSPS) is 20.4. The number of hydrogen-bond acceptors (Lipinski definition) is 4. The zero-order valence-electron chi connectivity index (χ0n) is 10.4. The third kappa shape index (κ3) is 2.87. The fourth-order valence-electron chi connectivity index (χ4n) is 1.90. The van der Waals surface area contributed by atoms with Crippen molar-refractivity contribution >= 4 is 27.8 Å². The van der Waals surface area contributed by atoms with Gasteiger partial charge in [-0.1, -0.05) is 0 Å². The first-order valence-electron chi connectivity index (χ1n) is 5.72. The van der Waals surface area contributed by atoms with Gasteiger partial charge in [-0.05, 0) is 12.1 Å². The Hall–Kier alpha value is -1.26. The van der Waals surface area contributed by atoms with E-state index in [2.05, 4.69) is 0 Å². The molecule has 2 rings (SSSR count). The van der Waals surface area contributed by atoms with Crippen molar-refractivity contribution in [2.45, 2.75) is 10.9 Å². The van der Waals surface area contributed by atoms with Gasteiger partial charge >= 0.3 is 5.97 Å². The molecule has 0 bridgehead atoms. The van der Waals surface area contributed by atoms with Crippen LogP contribution >= 0.6 is 11.8 Å². The zero-order chi connectivity index (χ0) is 15.8. The van der Waals surface area contributed by atoms with Crippen LogP contribution in [0, 0.1) is 17.5 Å². The number of carboxylic acid groups (broad SMARTS) is 1. The van der Waals surface area contributed by atoms with Gasteiger partial charge in [-0.15, -0.1) is 0 Å². The average Bonchev–Trinajstić information content (AvgIpc) is 2.44. The first-order chi connectivity index (χ1) is 9.76. The molecule has 0 aliphatic carbocycles. The van der Waals surface area contributed by atoms with Gasteiger partial charge in [-0.3, -0.25) is 4.79 Å². The summed E-state index contributed by atoms with van der Waals surface area (Å²) in [6.07, 6.45) is 0. The standard InChI is InChI=1S/C11H10F3NO4S2/c12-6-1-2-8(10(14)9(6)13)21(18,19)15-3-4-20-5-7(15)11(16)17/h1-2,7H,3-5H2,(H,16,17). The fraction of sp³-hybridized carbons (Fsp3) is 0.364.